The van der Waals surface area contributed by atoms with Gasteiger partial charge in [-0.2, -0.15) is 13.2 Å². The van der Waals surface area contributed by atoms with E-state index in [2.05, 4.69) is 9.97 Å². The Bertz CT molecular complexity index is 1100. The topological polar surface area (TPSA) is 92.6 Å². The Morgan fingerprint density at radius 1 is 1.20 bits per heavy atom. The smallest absolute Gasteiger partial charge is 0.433 e. The van der Waals surface area contributed by atoms with Crippen LogP contribution in [0.3, 0.4) is 0 Å². The zero-order valence-corrected chi connectivity index (χ0v) is 16.8. The molecule has 1 atom stereocenters. The molecule has 1 aromatic heterocycles. The lowest BCUT2D eigenvalue weighted by atomic mass is 10.1. The van der Waals surface area contributed by atoms with Crippen molar-refractivity contribution in [2.75, 3.05) is 13.4 Å². The highest BCUT2D eigenvalue weighted by molar-refractivity contribution is 7.90. The highest BCUT2D eigenvalue weighted by Crippen LogP contribution is 2.31. The minimum absolute atomic E-state index is 0.201. The molecule has 11 heteroatoms. The van der Waals surface area contributed by atoms with Crippen molar-refractivity contribution in [3.63, 3.8) is 0 Å². The molecule has 1 N–H and O–H groups in total. The number of aliphatic hydroxyl groups is 1. The highest BCUT2D eigenvalue weighted by Gasteiger charge is 2.35. The fourth-order valence-electron chi connectivity index (χ4n) is 2.71. The summed E-state index contributed by atoms with van der Waals surface area (Å²) in [6.07, 6.45) is -0.967. The van der Waals surface area contributed by atoms with Crippen LogP contribution in [0.15, 0.2) is 53.8 Å². The van der Waals surface area contributed by atoms with Crippen LogP contribution >= 0.6 is 0 Å². The second-order valence-corrected chi connectivity index (χ2v) is 8.48. The molecule has 1 unspecified atom stereocenters. The van der Waals surface area contributed by atoms with Gasteiger partial charge < -0.3 is 14.7 Å². The monoisotopic (exact) mass is 441 g/mol. The fourth-order valence-corrected chi connectivity index (χ4v) is 3.24. The Morgan fingerprint density at radius 3 is 2.43 bits per heavy atom. The van der Waals surface area contributed by atoms with Crippen molar-refractivity contribution in [3.05, 3.63) is 65.6 Å². The molecule has 0 saturated carbocycles. The molecule has 0 saturated heterocycles. The molecule has 0 aliphatic carbocycles. The van der Waals surface area contributed by atoms with Crippen molar-refractivity contribution in [1.82, 2.24) is 14.9 Å². The third-order valence-corrected chi connectivity index (χ3v) is 5.09. The first-order valence-corrected chi connectivity index (χ1v) is 10.5. The van der Waals surface area contributed by atoms with Gasteiger partial charge in [-0.05, 0) is 29.8 Å². The summed E-state index contributed by atoms with van der Waals surface area (Å²) in [5, 5.41) is 9.30. The molecule has 1 aliphatic heterocycles. The zero-order valence-electron chi connectivity index (χ0n) is 16.0. The molecule has 0 spiro atoms. The van der Waals surface area contributed by atoms with E-state index in [1.807, 2.05) is 0 Å². The average Bonchev–Trinajstić information content (AvgIpc) is 2.68. The number of rotatable bonds is 5. The van der Waals surface area contributed by atoms with Crippen LogP contribution in [0.4, 0.5) is 13.2 Å². The van der Waals surface area contributed by atoms with Crippen LogP contribution in [0.5, 0.6) is 5.75 Å². The van der Waals surface area contributed by atoms with Crippen LogP contribution in [0.1, 0.15) is 17.0 Å². The summed E-state index contributed by atoms with van der Waals surface area (Å²) in [4.78, 5) is 8.40. The largest absolute Gasteiger partial charge is 0.497 e. The summed E-state index contributed by atoms with van der Waals surface area (Å²) in [6, 6.07) is 7.72. The predicted octanol–water partition coefficient (Wildman–Crippen LogP) is 2.64. The van der Waals surface area contributed by atoms with Gasteiger partial charge in [-0.1, -0.05) is 18.2 Å². The van der Waals surface area contributed by atoms with Gasteiger partial charge in [0.1, 0.15) is 17.7 Å². The molecular weight excluding hydrogens is 423 g/mol. The SMILES string of the molecule is COc1ccc(CN2C=C(c3cc(C(F)(F)F)nc(S(C)(=O)=O)n3)C=CC2O)cc1. The number of halogens is 3. The third-order valence-electron chi connectivity index (χ3n) is 4.24. The molecule has 0 fully saturated rings. The van der Waals surface area contributed by atoms with Gasteiger partial charge in [0.2, 0.25) is 15.0 Å². The molecule has 30 heavy (non-hydrogen) atoms. The number of ether oxygens (including phenoxy) is 1. The molecule has 2 heterocycles. The summed E-state index contributed by atoms with van der Waals surface area (Å²) < 4.78 is 68.2. The first-order chi connectivity index (χ1) is 14.0. The fraction of sp³-hybridized carbons (Fsp3) is 0.263. The predicted molar refractivity (Wildman–Crippen MR) is 102 cm³/mol. The average molecular weight is 441 g/mol. The number of aromatic nitrogens is 2. The van der Waals surface area contributed by atoms with Crippen LogP contribution < -0.4 is 4.74 Å². The van der Waals surface area contributed by atoms with Gasteiger partial charge in [-0.25, -0.2) is 18.4 Å². The first kappa shape index (κ1) is 21.8. The van der Waals surface area contributed by atoms with E-state index in [9.17, 15) is 26.7 Å². The van der Waals surface area contributed by atoms with Crippen molar-refractivity contribution >= 4 is 15.4 Å². The molecule has 3 rings (SSSR count). The van der Waals surface area contributed by atoms with Gasteiger partial charge >= 0.3 is 6.18 Å². The summed E-state index contributed by atoms with van der Waals surface area (Å²) in [6.45, 7) is 0.245. The summed E-state index contributed by atoms with van der Waals surface area (Å²) in [5.41, 5.74) is -0.571. The molecule has 160 valence electrons. The van der Waals surface area contributed by atoms with Crippen molar-refractivity contribution in [3.8, 4) is 5.75 Å². The third kappa shape index (κ3) is 4.97. The number of alkyl halides is 3. The number of hydrogen-bond donors (Lipinski definition) is 1. The van der Waals surface area contributed by atoms with Crippen molar-refractivity contribution in [2.45, 2.75) is 24.1 Å². The second-order valence-electron chi connectivity index (χ2n) is 6.57. The van der Waals surface area contributed by atoms with Crippen molar-refractivity contribution < 1.29 is 31.4 Å². The van der Waals surface area contributed by atoms with E-state index in [1.54, 1.807) is 24.3 Å². The number of nitrogens with zero attached hydrogens (tertiary/aromatic N) is 3. The summed E-state index contributed by atoms with van der Waals surface area (Å²) >= 11 is 0. The van der Waals surface area contributed by atoms with Crippen LogP contribution in [-0.4, -0.2) is 48.0 Å². The highest BCUT2D eigenvalue weighted by atomic mass is 32.2. The lowest BCUT2D eigenvalue weighted by Gasteiger charge is -2.28. The Labute approximate surface area is 171 Å². The Morgan fingerprint density at radius 2 is 1.87 bits per heavy atom. The van der Waals surface area contributed by atoms with Gasteiger partial charge in [0.15, 0.2) is 0 Å². The Kier molecular flexibility index (Phi) is 5.86. The maximum atomic E-state index is 13.2. The van der Waals surface area contributed by atoms with E-state index < -0.39 is 33.1 Å². The molecule has 1 aromatic carbocycles. The number of allylic oxidation sites excluding steroid dienone is 2. The number of hydrogen-bond acceptors (Lipinski definition) is 7. The Hall–Kier alpha value is -2.92. The van der Waals surface area contributed by atoms with E-state index in [1.165, 1.54) is 30.4 Å². The molecule has 2 aromatic rings. The standard InChI is InChI=1S/C19H18F3N3O4S/c1-29-14-6-3-12(4-7-14)10-25-11-13(5-8-17(25)26)15-9-16(19(20,21)22)24-18(23-15)30(2,27)28/h3-9,11,17,26H,10H2,1-2H3. The van der Waals surface area contributed by atoms with Crippen LogP contribution in [0.25, 0.3) is 5.57 Å². The maximum Gasteiger partial charge on any atom is 0.433 e. The van der Waals surface area contributed by atoms with E-state index >= 15 is 0 Å². The van der Waals surface area contributed by atoms with Crippen molar-refractivity contribution in [2.24, 2.45) is 0 Å². The lowest BCUT2D eigenvalue weighted by molar-refractivity contribution is -0.141. The normalized spacial score (nSPS) is 17.1. The van der Waals surface area contributed by atoms with Crippen LogP contribution in [0, 0.1) is 0 Å². The lowest BCUT2D eigenvalue weighted by Crippen LogP contribution is -2.30. The molecule has 0 bridgehead atoms. The van der Waals surface area contributed by atoms with Crippen molar-refractivity contribution in [1.29, 1.82) is 0 Å². The molecule has 7 nitrogen and oxygen atoms in total. The van der Waals surface area contributed by atoms with E-state index in [0.717, 1.165) is 11.8 Å². The summed E-state index contributed by atoms with van der Waals surface area (Å²) in [7, 11) is -2.54. The van der Waals surface area contributed by atoms with E-state index in [0.29, 0.717) is 11.8 Å². The quantitative estimate of drug-likeness (QED) is 0.713. The van der Waals surface area contributed by atoms with Crippen LogP contribution in [0.2, 0.25) is 0 Å². The number of aliphatic hydroxyl groups excluding tert-OH is 1. The molecule has 0 amide bonds. The number of methoxy groups -OCH3 is 1. The Balaban J connectivity index is 1.99. The maximum absolute atomic E-state index is 13.2. The molecular formula is C19H18F3N3O4S. The number of sulfone groups is 1. The van der Waals surface area contributed by atoms with Crippen LogP contribution in [-0.2, 0) is 22.6 Å². The first-order valence-electron chi connectivity index (χ1n) is 8.61. The van der Waals surface area contributed by atoms with Gasteiger partial charge in [-0.15, -0.1) is 0 Å². The van der Waals surface area contributed by atoms with Gasteiger partial charge in [-0.3, -0.25) is 0 Å². The minimum Gasteiger partial charge on any atom is -0.497 e. The molecule has 1 aliphatic rings. The second kappa shape index (κ2) is 8.07. The molecule has 0 radical (unpaired) electrons. The zero-order chi connectivity index (χ0) is 22.1. The number of benzene rings is 1. The minimum atomic E-state index is -4.85. The van der Waals surface area contributed by atoms with E-state index in [4.69, 9.17) is 4.74 Å². The van der Waals surface area contributed by atoms with Gasteiger partial charge in [0.25, 0.3) is 0 Å². The van der Waals surface area contributed by atoms with Gasteiger partial charge in [0.05, 0.1) is 12.8 Å². The summed E-state index contributed by atoms with van der Waals surface area (Å²) in [5.74, 6) is 0.656. The van der Waals surface area contributed by atoms with Gasteiger partial charge in [0, 0.05) is 24.6 Å². The van der Waals surface area contributed by atoms with E-state index in [-0.39, 0.29) is 17.8 Å².